The van der Waals surface area contributed by atoms with Gasteiger partial charge < -0.3 is 0 Å². The summed E-state index contributed by atoms with van der Waals surface area (Å²) in [6, 6.07) is 15.9. The van der Waals surface area contributed by atoms with Crippen LogP contribution in [0.3, 0.4) is 0 Å². The summed E-state index contributed by atoms with van der Waals surface area (Å²) in [5.41, 5.74) is 3.87. The van der Waals surface area contributed by atoms with E-state index < -0.39 is 0 Å². The number of fused-ring (bicyclic) bond motifs is 1. The molecule has 0 aromatic heterocycles. The van der Waals surface area contributed by atoms with Crippen LogP contribution in [0.25, 0.3) is 11.1 Å². The van der Waals surface area contributed by atoms with Gasteiger partial charge in [0.15, 0.2) is 0 Å². The van der Waals surface area contributed by atoms with Gasteiger partial charge in [0.1, 0.15) is 0 Å². The molecule has 2 aliphatic rings. The summed E-state index contributed by atoms with van der Waals surface area (Å²) in [5, 5.41) is 0. The fourth-order valence-electron chi connectivity index (χ4n) is 1.51. The molecule has 1 heteroatoms. The molecule has 0 saturated carbocycles. The normalized spacial score (nSPS) is 10.2. The van der Waals surface area contributed by atoms with Crippen molar-refractivity contribution < 1.29 is 29.6 Å². The first-order valence-corrected chi connectivity index (χ1v) is 4.68. The van der Waals surface area contributed by atoms with Gasteiger partial charge in [-0.05, 0) is 5.92 Å². The van der Waals surface area contributed by atoms with E-state index in [0.717, 1.165) is 0 Å². The van der Waals surface area contributed by atoms with Gasteiger partial charge in [-0.2, -0.15) is 17.7 Å². The Kier molecular flexibility index (Phi) is 4.18. The Morgan fingerprint density at radius 2 is 1.93 bits per heavy atom. The van der Waals surface area contributed by atoms with Gasteiger partial charge >= 0.3 is 29.6 Å². The fraction of sp³-hybridized carbons (Fsp3) is 0.231. The molecule has 0 amide bonds. The quantitative estimate of drug-likeness (QED) is 0.461. The van der Waals surface area contributed by atoms with Crippen LogP contribution in [-0.4, -0.2) is 0 Å². The van der Waals surface area contributed by atoms with Crippen molar-refractivity contribution in [2.75, 3.05) is 0 Å². The average Bonchev–Trinajstić information content (AvgIpc) is 2.42. The summed E-state index contributed by atoms with van der Waals surface area (Å²) in [5.74, 6) is 0.588. The summed E-state index contributed by atoms with van der Waals surface area (Å²) in [6.07, 6.45) is 0. The summed E-state index contributed by atoms with van der Waals surface area (Å²) < 4.78 is 0. The molecule has 0 bridgehead atoms. The molecule has 0 aromatic rings. The first-order chi connectivity index (χ1) is 6.27. The van der Waals surface area contributed by atoms with Crippen LogP contribution in [0.15, 0.2) is 36.4 Å². The molecule has 2 rings (SSSR count). The molecule has 66 valence electrons. The monoisotopic (exact) mass is 192 g/mol. The van der Waals surface area contributed by atoms with Gasteiger partial charge in [0, 0.05) is 0 Å². The second-order valence-corrected chi connectivity index (χ2v) is 3.67. The van der Waals surface area contributed by atoms with E-state index in [0.29, 0.717) is 5.92 Å². The molecule has 14 heavy (non-hydrogen) atoms. The van der Waals surface area contributed by atoms with E-state index in [1.54, 1.807) is 0 Å². The third kappa shape index (κ3) is 2.38. The van der Waals surface area contributed by atoms with Gasteiger partial charge in [-0.1, -0.05) is 25.5 Å². The van der Waals surface area contributed by atoms with Crippen molar-refractivity contribution in [3.8, 4) is 11.1 Å². The third-order valence-electron chi connectivity index (χ3n) is 2.35. The van der Waals surface area contributed by atoms with Crippen LogP contribution in [-0.2, 0) is 0 Å². The Morgan fingerprint density at radius 1 is 1.14 bits per heavy atom. The van der Waals surface area contributed by atoms with Crippen LogP contribution < -0.4 is 29.6 Å². The largest absolute Gasteiger partial charge is 1.00 e. The van der Waals surface area contributed by atoms with Gasteiger partial charge in [0.2, 0.25) is 0 Å². The van der Waals surface area contributed by atoms with E-state index in [1.807, 2.05) is 6.07 Å². The molecule has 0 aromatic carbocycles. The molecule has 0 heterocycles. The topological polar surface area (TPSA) is 0 Å². The number of hydrogen-bond acceptors (Lipinski definition) is 0. The van der Waals surface area contributed by atoms with Crippen molar-refractivity contribution in [3.63, 3.8) is 0 Å². The Bertz CT molecular complexity index is 379. The first-order valence-electron chi connectivity index (χ1n) is 4.68. The van der Waals surface area contributed by atoms with E-state index in [1.165, 1.54) is 16.7 Å². The first kappa shape index (κ1) is 11.8. The van der Waals surface area contributed by atoms with Crippen LogP contribution in [0.4, 0.5) is 0 Å². The molecule has 0 unspecified atom stereocenters. The molecule has 0 atom stereocenters. The Balaban J connectivity index is 0.000000980. The third-order valence-corrected chi connectivity index (χ3v) is 2.35. The van der Waals surface area contributed by atoms with E-state index in [-0.39, 0.29) is 29.6 Å². The molecule has 0 fully saturated rings. The van der Waals surface area contributed by atoms with Gasteiger partial charge in [0.25, 0.3) is 0 Å². The second kappa shape index (κ2) is 4.97. The maximum absolute atomic E-state index is 3.21. The molecule has 0 aliphatic heterocycles. The Labute approximate surface area is 108 Å². The van der Waals surface area contributed by atoms with Crippen molar-refractivity contribution >= 4 is 0 Å². The van der Waals surface area contributed by atoms with E-state index in [9.17, 15) is 0 Å². The minimum atomic E-state index is 0. The average molecular weight is 192 g/mol. The number of rotatable bonds is 1. The summed E-state index contributed by atoms with van der Waals surface area (Å²) in [7, 11) is 0. The van der Waals surface area contributed by atoms with Crippen LogP contribution in [0.2, 0.25) is 0 Å². The predicted molar refractivity (Wildman–Crippen MR) is 56.0 cm³/mol. The van der Waals surface area contributed by atoms with E-state index in [4.69, 9.17) is 0 Å². The maximum Gasteiger partial charge on any atom is 1.00 e. The van der Waals surface area contributed by atoms with Crippen LogP contribution in [0.1, 0.15) is 25.3 Å². The molecule has 0 nitrogen and oxygen atoms in total. The van der Waals surface area contributed by atoms with Crippen molar-refractivity contribution in [2.45, 2.75) is 19.8 Å². The summed E-state index contributed by atoms with van der Waals surface area (Å²) >= 11 is 0. The van der Waals surface area contributed by atoms with Crippen molar-refractivity contribution in [1.82, 2.24) is 0 Å². The van der Waals surface area contributed by atoms with Crippen molar-refractivity contribution in [1.29, 1.82) is 0 Å². The van der Waals surface area contributed by atoms with Gasteiger partial charge in [-0.25, -0.2) is 0 Å². The molecule has 0 radical (unpaired) electrons. The van der Waals surface area contributed by atoms with Crippen molar-refractivity contribution in [3.05, 3.63) is 48.0 Å². The Morgan fingerprint density at radius 3 is 2.64 bits per heavy atom. The summed E-state index contributed by atoms with van der Waals surface area (Å²) in [4.78, 5) is 0. The SMILES string of the molecule is CC(C)c1cccc2[c-]ccc-2c1.[Na+]. The standard InChI is InChI=1S/C13H13.Na/c1-10(2)12-7-3-5-11-6-4-8-13(11)9-12;/h3-5,7-10H,1-2H3;/q-1;+1. The van der Waals surface area contributed by atoms with Gasteiger partial charge in [-0.15, -0.1) is 29.8 Å². The van der Waals surface area contributed by atoms with Gasteiger partial charge in [-0.3, -0.25) is 0 Å². The molecule has 0 saturated heterocycles. The Hall–Kier alpha value is -0.300. The second-order valence-electron chi connectivity index (χ2n) is 3.67. The minimum Gasteiger partial charge on any atom is -0.168 e. The fourth-order valence-corrected chi connectivity index (χ4v) is 1.51. The molecular weight excluding hydrogens is 179 g/mol. The number of hydrogen-bond donors (Lipinski definition) is 0. The molecule has 2 aliphatic carbocycles. The van der Waals surface area contributed by atoms with Crippen LogP contribution in [0, 0.1) is 6.07 Å². The zero-order valence-corrected chi connectivity index (χ0v) is 11.0. The van der Waals surface area contributed by atoms with E-state index >= 15 is 0 Å². The predicted octanol–water partition coefficient (Wildman–Crippen LogP) is 0.719. The zero-order valence-electron chi connectivity index (χ0n) is 9.04. The molecular formula is C13H13Na. The maximum atomic E-state index is 3.21. The molecule has 0 spiro atoms. The minimum absolute atomic E-state index is 0. The van der Waals surface area contributed by atoms with Crippen LogP contribution >= 0.6 is 0 Å². The van der Waals surface area contributed by atoms with E-state index in [2.05, 4.69) is 50.2 Å². The smallest absolute Gasteiger partial charge is 0.168 e. The van der Waals surface area contributed by atoms with Crippen LogP contribution in [0.5, 0.6) is 0 Å². The van der Waals surface area contributed by atoms with Crippen molar-refractivity contribution in [2.24, 2.45) is 0 Å². The summed E-state index contributed by atoms with van der Waals surface area (Å²) in [6.45, 7) is 4.43. The zero-order chi connectivity index (χ0) is 9.26. The van der Waals surface area contributed by atoms with Gasteiger partial charge in [0.05, 0.1) is 0 Å². The molecule has 0 N–H and O–H groups in total.